The van der Waals surface area contributed by atoms with E-state index in [2.05, 4.69) is 15.5 Å². The molecule has 0 bridgehead atoms. The van der Waals surface area contributed by atoms with Crippen molar-refractivity contribution >= 4 is 21.6 Å². The molecule has 0 saturated carbocycles. The Hall–Kier alpha value is -3.04. The van der Waals surface area contributed by atoms with Crippen molar-refractivity contribution in [3.63, 3.8) is 0 Å². The third-order valence-electron chi connectivity index (χ3n) is 6.10. The minimum atomic E-state index is -3.71. The van der Waals surface area contributed by atoms with Gasteiger partial charge in [0.15, 0.2) is 5.82 Å². The molecule has 8 nitrogen and oxygen atoms in total. The molecule has 1 amide bonds. The van der Waals surface area contributed by atoms with Crippen LogP contribution in [0.25, 0.3) is 11.5 Å². The molecule has 1 atom stereocenters. The number of sulfonamides is 1. The van der Waals surface area contributed by atoms with Gasteiger partial charge in [-0.25, -0.2) is 8.42 Å². The number of fused-ring (bicyclic) bond motifs is 1. The molecule has 160 valence electrons. The molecule has 2 aromatic carbocycles. The van der Waals surface area contributed by atoms with E-state index in [1.165, 1.54) is 4.31 Å². The minimum absolute atomic E-state index is 0.134. The van der Waals surface area contributed by atoms with E-state index in [1.54, 1.807) is 32.0 Å². The molecule has 2 aliphatic rings. The van der Waals surface area contributed by atoms with Crippen LogP contribution in [0.15, 0.2) is 57.9 Å². The fourth-order valence-corrected chi connectivity index (χ4v) is 5.64. The summed E-state index contributed by atoms with van der Waals surface area (Å²) in [5.41, 5.74) is 1.41. The first kappa shape index (κ1) is 19.9. The number of carbonyl (C=O) groups is 1. The van der Waals surface area contributed by atoms with Gasteiger partial charge in [0.2, 0.25) is 15.9 Å². The van der Waals surface area contributed by atoms with E-state index in [4.69, 9.17) is 4.52 Å². The zero-order valence-electron chi connectivity index (χ0n) is 17.2. The van der Waals surface area contributed by atoms with Crippen molar-refractivity contribution in [3.05, 3.63) is 59.9 Å². The highest BCUT2D eigenvalue weighted by atomic mass is 32.2. The Bertz CT molecular complexity index is 1270. The van der Waals surface area contributed by atoms with E-state index in [0.29, 0.717) is 35.9 Å². The van der Waals surface area contributed by atoms with Crippen LogP contribution in [-0.4, -0.2) is 41.9 Å². The highest BCUT2D eigenvalue weighted by molar-refractivity contribution is 7.89. The largest absolute Gasteiger partial charge is 0.334 e. The second kappa shape index (κ2) is 7.00. The molecule has 31 heavy (non-hydrogen) atoms. The van der Waals surface area contributed by atoms with Crippen molar-refractivity contribution in [2.75, 3.05) is 18.4 Å². The van der Waals surface area contributed by atoms with Crippen LogP contribution >= 0.6 is 0 Å². The molecule has 2 aliphatic heterocycles. The summed E-state index contributed by atoms with van der Waals surface area (Å²) in [6.07, 6.45) is 0.615. The van der Waals surface area contributed by atoms with Gasteiger partial charge in [-0.15, -0.1) is 0 Å². The molecule has 1 unspecified atom stereocenters. The van der Waals surface area contributed by atoms with Crippen LogP contribution in [0.4, 0.5) is 5.69 Å². The lowest BCUT2D eigenvalue weighted by Gasteiger charge is -2.19. The first-order valence-electron chi connectivity index (χ1n) is 10.1. The highest BCUT2D eigenvalue weighted by Crippen LogP contribution is 2.39. The van der Waals surface area contributed by atoms with Crippen LogP contribution in [0.2, 0.25) is 0 Å². The van der Waals surface area contributed by atoms with Crippen LogP contribution in [0.3, 0.4) is 0 Å². The van der Waals surface area contributed by atoms with E-state index < -0.39 is 15.4 Å². The van der Waals surface area contributed by atoms with E-state index in [-0.39, 0.29) is 23.3 Å². The van der Waals surface area contributed by atoms with E-state index >= 15 is 0 Å². The van der Waals surface area contributed by atoms with Gasteiger partial charge in [-0.05, 0) is 56.2 Å². The predicted octanol–water partition coefficient (Wildman–Crippen LogP) is 3.14. The van der Waals surface area contributed by atoms with Gasteiger partial charge in [-0.1, -0.05) is 23.4 Å². The molecule has 9 heteroatoms. The van der Waals surface area contributed by atoms with Crippen molar-refractivity contribution in [1.29, 1.82) is 0 Å². The van der Waals surface area contributed by atoms with Gasteiger partial charge in [0.05, 0.1) is 10.3 Å². The van der Waals surface area contributed by atoms with Gasteiger partial charge in [0, 0.05) is 30.3 Å². The lowest BCUT2D eigenvalue weighted by Crippen LogP contribution is -2.29. The molecule has 3 heterocycles. The third-order valence-corrected chi connectivity index (χ3v) is 7.96. The number of anilines is 1. The summed E-state index contributed by atoms with van der Waals surface area (Å²) in [5, 5.41) is 6.89. The predicted molar refractivity (Wildman–Crippen MR) is 114 cm³/mol. The highest BCUT2D eigenvalue weighted by Gasteiger charge is 2.41. The molecular formula is C22H22N4O4S. The second-order valence-corrected chi connectivity index (χ2v) is 10.4. The van der Waals surface area contributed by atoms with Crippen molar-refractivity contribution in [2.24, 2.45) is 0 Å². The van der Waals surface area contributed by atoms with Crippen LogP contribution in [-0.2, 0) is 20.2 Å². The van der Waals surface area contributed by atoms with Gasteiger partial charge < -0.3 is 9.84 Å². The summed E-state index contributed by atoms with van der Waals surface area (Å²) in [5.74, 6) is 0.672. The van der Waals surface area contributed by atoms with Crippen molar-refractivity contribution < 1.29 is 17.7 Å². The monoisotopic (exact) mass is 438 g/mol. The molecule has 1 fully saturated rings. The van der Waals surface area contributed by atoms with Gasteiger partial charge in [-0.2, -0.15) is 9.29 Å². The fraction of sp³-hybridized carbons (Fsp3) is 0.318. The lowest BCUT2D eigenvalue weighted by atomic mass is 9.86. The smallest absolute Gasteiger partial charge is 0.257 e. The number of amides is 1. The molecule has 1 N–H and O–H groups in total. The second-order valence-electron chi connectivity index (χ2n) is 8.46. The van der Waals surface area contributed by atoms with E-state index in [1.807, 2.05) is 30.3 Å². The zero-order chi connectivity index (χ0) is 21.8. The third kappa shape index (κ3) is 3.24. The average molecular weight is 439 g/mol. The molecule has 1 aromatic heterocycles. The van der Waals surface area contributed by atoms with Gasteiger partial charge in [0.25, 0.3) is 5.89 Å². The quantitative estimate of drug-likeness (QED) is 0.671. The van der Waals surface area contributed by atoms with Gasteiger partial charge in [0.1, 0.15) is 0 Å². The first-order chi connectivity index (χ1) is 14.8. The summed E-state index contributed by atoms with van der Waals surface area (Å²) < 4.78 is 33.4. The summed E-state index contributed by atoms with van der Waals surface area (Å²) in [6.45, 7) is 4.24. The number of carbonyl (C=O) groups excluding carboxylic acids is 1. The Labute approximate surface area is 180 Å². The Balaban J connectivity index is 1.37. The average Bonchev–Trinajstić information content (AvgIpc) is 3.48. The van der Waals surface area contributed by atoms with Crippen molar-refractivity contribution in [2.45, 2.75) is 36.5 Å². The topological polar surface area (TPSA) is 105 Å². The molecule has 0 spiro atoms. The Morgan fingerprint density at radius 2 is 1.94 bits per heavy atom. The molecular weight excluding hydrogens is 416 g/mol. The summed E-state index contributed by atoms with van der Waals surface area (Å²) in [4.78, 5) is 16.9. The normalized spacial score (nSPS) is 20.6. The minimum Gasteiger partial charge on any atom is -0.334 e. The first-order valence-corrected chi connectivity index (χ1v) is 11.6. The molecule has 0 radical (unpaired) electrons. The number of rotatable bonds is 4. The Kier molecular flexibility index (Phi) is 4.49. The number of nitrogens with zero attached hydrogens (tertiary/aromatic N) is 3. The fourth-order valence-electron chi connectivity index (χ4n) is 4.12. The van der Waals surface area contributed by atoms with Gasteiger partial charge >= 0.3 is 0 Å². The standard InChI is InChI=1S/C22H22N4O4S/c1-22(2)17-12-16(8-9-18(17)23-21(22)27)31(28,29)26-11-10-15(13-26)19-24-20(30-25-19)14-6-4-3-5-7-14/h3-9,12,15H,10-11,13H2,1-2H3,(H,23,27). The zero-order valence-corrected chi connectivity index (χ0v) is 18.0. The maximum absolute atomic E-state index is 13.3. The van der Waals surface area contributed by atoms with Crippen LogP contribution < -0.4 is 5.32 Å². The SMILES string of the molecule is CC1(C)C(=O)Nc2ccc(S(=O)(=O)N3CCC(c4noc(-c5ccccc5)n4)C3)cc21. The maximum atomic E-state index is 13.3. The van der Waals surface area contributed by atoms with E-state index in [9.17, 15) is 13.2 Å². The van der Waals surface area contributed by atoms with Crippen LogP contribution in [0.1, 0.15) is 37.6 Å². The Morgan fingerprint density at radius 1 is 1.16 bits per heavy atom. The van der Waals surface area contributed by atoms with Gasteiger partial charge in [-0.3, -0.25) is 4.79 Å². The maximum Gasteiger partial charge on any atom is 0.257 e. The molecule has 1 saturated heterocycles. The number of benzene rings is 2. The summed E-state index contributed by atoms with van der Waals surface area (Å²) >= 11 is 0. The number of aromatic nitrogens is 2. The molecule has 3 aromatic rings. The van der Waals surface area contributed by atoms with Crippen LogP contribution in [0.5, 0.6) is 0 Å². The molecule has 5 rings (SSSR count). The number of nitrogens with one attached hydrogen (secondary N) is 1. The lowest BCUT2D eigenvalue weighted by molar-refractivity contribution is -0.119. The Morgan fingerprint density at radius 3 is 2.71 bits per heavy atom. The molecule has 0 aliphatic carbocycles. The van der Waals surface area contributed by atoms with Crippen molar-refractivity contribution in [1.82, 2.24) is 14.4 Å². The number of hydrogen-bond acceptors (Lipinski definition) is 6. The summed E-state index contributed by atoms with van der Waals surface area (Å²) in [6, 6.07) is 14.3. The van der Waals surface area contributed by atoms with E-state index in [0.717, 1.165) is 5.56 Å². The van der Waals surface area contributed by atoms with Crippen LogP contribution in [0, 0.1) is 0 Å². The number of hydrogen-bond donors (Lipinski definition) is 1. The summed E-state index contributed by atoms with van der Waals surface area (Å²) in [7, 11) is -3.71. The van der Waals surface area contributed by atoms with Crippen molar-refractivity contribution in [3.8, 4) is 11.5 Å².